The Hall–Kier alpha value is -3.85. The molecule has 2 heterocycles. The number of rotatable bonds is 10. The second-order valence-electron chi connectivity index (χ2n) is 8.33. The number of imidazole rings is 1. The molecule has 0 saturated heterocycles. The van der Waals surface area contributed by atoms with Crippen LogP contribution >= 0.6 is 0 Å². The van der Waals surface area contributed by atoms with Gasteiger partial charge in [-0.05, 0) is 42.2 Å². The molecule has 0 aliphatic carbocycles. The Morgan fingerprint density at radius 3 is 2.49 bits per heavy atom. The number of carbonyl (C=O) groups is 1. The number of hydrogen-bond acceptors (Lipinski definition) is 7. The Balaban J connectivity index is 1.69. The maximum absolute atomic E-state index is 12.8. The number of esters is 1. The standard InChI is InChI=1S/C26H30N6O3/c1-4-6-11-22-27-23(17(3)33)24(26(34)35-5-2)32(22)16-18-12-14-19(15-13-18)20-9-7-8-10-21(20)25-28-30-31-29-25/h7-10,12-15,17,33H,4-6,11,16H2,1-3H3,(H,28,29,30,31). The molecule has 9 heteroatoms. The van der Waals surface area contributed by atoms with Crippen molar-refractivity contribution in [3.63, 3.8) is 0 Å². The van der Waals surface area contributed by atoms with E-state index in [-0.39, 0.29) is 6.61 Å². The highest BCUT2D eigenvalue weighted by atomic mass is 16.5. The van der Waals surface area contributed by atoms with E-state index >= 15 is 0 Å². The van der Waals surface area contributed by atoms with Crippen molar-refractivity contribution < 1.29 is 14.6 Å². The van der Waals surface area contributed by atoms with Crippen LogP contribution in [-0.4, -0.2) is 47.9 Å². The van der Waals surface area contributed by atoms with E-state index in [0.717, 1.165) is 40.9 Å². The predicted octanol–water partition coefficient (Wildman–Crippen LogP) is 4.35. The number of carbonyl (C=O) groups excluding carboxylic acids is 1. The van der Waals surface area contributed by atoms with Gasteiger partial charge in [0.1, 0.15) is 11.5 Å². The Morgan fingerprint density at radius 1 is 1.11 bits per heavy atom. The van der Waals surface area contributed by atoms with Crippen LogP contribution in [0, 0.1) is 0 Å². The number of benzene rings is 2. The zero-order valence-corrected chi connectivity index (χ0v) is 20.2. The highest BCUT2D eigenvalue weighted by Gasteiger charge is 2.26. The molecule has 35 heavy (non-hydrogen) atoms. The summed E-state index contributed by atoms with van der Waals surface area (Å²) in [6.07, 6.45) is 1.77. The zero-order valence-electron chi connectivity index (χ0n) is 20.2. The first-order valence-electron chi connectivity index (χ1n) is 11.9. The fourth-order valence-electron chi connectivity index (χ4n) is 4.10. The molecule has 0 aliphatic rings. The number of hydrogen-bond donors (Lipinski definition) is 2. The van der Waals surface area contributed by atoms with Gasteiger partial charge in [-0.2, -0.15) is 5.21 Å². The molecule has 0 saturated carbocycles. The number of aromatic amines is 1. The number of aromatic nitrogens is 6. The minimum absolute atomic E-state index is 0.252. The molecule has 2 N–H and O–H groups in total. The van der Waals surface area contributed by atoms with Gasteiger partial charge < -0.3 is 14.4 Å². The zero-order chi connectivity index (χ0) is 24.8. The number of tetrazole rings is 1. The van der Waals surface area contributed by atoms with Crippen LogP contribution in [0.2, 0.25) is 0 Å². The molecule has 0 fully saturated rings. The summed E-state index contributed by atoms with van der Waals surface area (Å²) in [6, 6.07) is 16.0. The van der Waals surface area contributed by atoms with Gasteiger partial charge in [0, 0.05) is 18.5 Å². The summed E-state index contributed by atoms with van der Waals surface area (Å²) in [5.41, 5.74) is 4.58. The molecule has 0 amide bonds. The lowest BCUT2D eigenvalue weighted by molar-refractivity contribution is 0.0506. The van der Waals surface area contributed by atoms with Crippen LogP contribution < -0.4 is 0 Å². The molecule has 0 aliphatic heterocycles. The molecule has 0 spiro atoms. The highest BCUT2D eigenvalue weighted by molar-refractivity contribution is 5.89. The summed E-state index contributed by atoms with van der Waals surface area (Å²) in [6.45, 7) is 6.20. The monoisotopic (exact) mass is 474 g/mol. The van der Waals surface area contributed by atoms with Crippen LogP contribution in [0.3, 0.4) is 0 Å². The van der Waals surface area contributed by atoms with Gasteiger partial charge >= 0.3 is 5.97 Å². The average Bonchev–Trinajstić information content (AvgIpc) is 3.52. The maximum atomic E-state index is 12.8. The Bertz CT molecular complexity index is 1260. The highest BCUT2D eigenvalue weighted by Crippen LogP contribution is 2.30. The smallest absolute Gasteiger partial charge is 0.357 e. The number of aryl methyl sites for hydroxylation is 1. The minimum atomic E-state index is -0.875. The van der Waals surface area contributed by atoms with E-state index < -0.39 is 12.1 Å². The van der Waals surface area contributed by atoms with Crippen molar-refractivity contribution in [2.75, 3.05) is 6.61 Å². The van der Waals surface area contributed by atoms with Gasteiger partial charge in [0.2, 0.25) is 5.82 Å². The number of aliphatic hydroxyl groups excluding tert-OH is 1. The molecule has 182 valence electrons. The van der Waals surface area contributed by atoms with Crippen molar-refractivity contribution in [3.8, 4) is 22.5 Å². The van der Waals surface area contributed by atoms with E-state index in [4.69, 9.17) is 4.74 Å². The van der Waals surface area contributed by atoms with Gasteiger partial charge in [0.15, 0.2) is 5.69 Å². The van der Waals surface area contributed by atoms with Gasteiger partial charge in [-0.25, -0.2) is 9.78 Å². The van der Waals surface area contributed by atoms with Gasteiger partial charge in [0.05, 0.1) is 12.7 Å². The molecular formula is C26H30N6O3. The van der Waals surface area contributed by atoms with Crippen LogP contribution in [0.5, 0.6) is 0 Å². The lowest BCUT2D eigenvalue weighted by Crippen LogP contribution is -2.17. The maximum Gasteiger partial charge on any atom is 0.357 e. The number of unbranched alkanes of at least 4 members (excludes halogenated alkanes) is 1. The van der Waals surface area contributed by atoms with E-state index in [2.05, 4.69) is 32.5 Å². The summed E-state index contributed by atoms with van der Waals surface area (Å²) in [5, 5.41) is 24.7. The second-order valence-corrected chi connectivity index (χ2v) is 8.33. The number of nitrogens with zero attached hydrogens (tertiary/aromatic N) is 5. The van der Waals surface area contributed by atoms with Crippen LogP contribution in [0.4, 0.5) is 0 Å². The molecule has 1 unspecified atom stereocenters. The van der Waals surface area contributed by atoms with E-state index in [1.807, 2.05) is 53.1 Å². The van der Waals surface area contributed by atoms with Crippen molar-refractivity contribution >= 4 is 5.97 Å². The number of aliphatic hydroxyl groups is 1. The Labute approximate surface area is 204 Å². The molecule has 2 aromatic carbocycles. The van der Waals surface area contributed by atoms with Gasteiger partial charge in [-0.3, -0.25) is 0 Å². The van der Waals surface area contributed by atoms with Crippen molar-refractivity contribution in [2.45, 2.75) is 52.7 Å². The summed E-state index contributed by atoms with van der Waals surface area (Å²) in [4.78, 5) is 17.5. The number of H-pyrrole nitrogens is 1. The summed E-state index contributed by atoms with van der Waals surface area (Å²) >= 11 is 0. The van der Waals surface area contributed by atoms with Crippen molar-refractivity contribution in [1.29, 1.82) is 0 Å². The molecule has 0 radical (unpaired) electrons. The Morgan fingerprint density at radius 2 is 1.86 bits per heavy atom. The molecule has 4 rings (SSSR count). The Kier molecular flexibility index (Phi) is 7.67. The fraction of sp³-hybridized carbons (Fsp3) is 0.346. The molecular weight excluding hydrogens is 444 g/mol. The molecule has 2 aromatic heterocycles. The molecule has 9 nitrogen and oxygen atoms in total. The van der Waals surface area contributed by atoms with Crippen LogP contribution in [0.15, 0.2) is 48.5 Å². The molecule has 0 bridgehead atoms. The van der Waals surface area contributed by atoms with Crippen LogP contribution in [0.25, 0.3) is 22.5 Å². The minimum Gasteiger partial charge on any atom is -0.461 e. The van der Waals surface area contributed by atoms with Gasteiger partial charge in [-0.15, -0.1) is 10.2 Å². The van der Waals surface area contributed by atoms with Crippen LogP contribution in [-0.2, 0) is 17.7 Å². The topological polar surface area (TPSA) is 119 Å². The van der Waals surface area contributed by atoms with E-state index in [0.29, 0.717) is 30.2 Å². The van der Waals surface area contributed by atoms with Crippen molar-refractivity contribution in [1.82, 2.24) is 30.2 Å². The van der Waals surface area contributed by atoms with E-state index in [9.17, 15) is 9.90 Å². The van der Waals surface area contributed by atoms with Crippen molar-refractivity contribution in [3.05, 3.63) is 71.3 Å². The first kappa shape index (κ1) is 24.3. The lowest BCUT2D eigenvalue weighted by Gasteiger charge is -2.14. The third-order valence-corrected chi connectivity index (χ3v) is 5.81. The number of nitrogens with one attached hydrogen (secondary N) is 1. The average molecular weight is 475 g/mol. The molecule has 1 atom stereocenters. The SMILES string of the molecule is CCCCc1nc(C(C)O)c(C(=O)OCC)n1Cc1ccc(-c2ccccc2-c2nn[nH]n2)cc1. The van der Waals surface area contributed by atoms with Crippen molar-refractivity contribution in [2.24, 2.45) is 0 Å². The fourth-order valence-corrected chi connectivity index (χ4v) is 4.10. The van der Waals surface area contributed by atoms with E-state index in [1.54, 1.807) is 13.8 Å². The summed E-state index contributed by atoms with van der Waals surface area (Å²) < 4.78 is 7.20. The van der Waals surface area contributed by atoms with E-state index in [1.165, 1.54) is 0 Å². The second kappa shape index (κ2) is 11.1. The largest absolute Gasteiger partial charge is 0.461 e. The molecule has 4 aromatic rings. The normalized spacial score (nSPS) is 12.0. The lowest BCUT2D eigenvalue weighted by atomic mass is 9.98. The third kappa shape index (κ3) is 5.30. The van der Waals surface area contributed by atoms with Crippen LogP contribution in [0.1, 0.15) is 67.3 Å². The summed E-state index contributed by atoms with van der Waals surface area (Å²) in [7, 11) is 0. The first-order chi connectivity index (χ1) is 17.0. The number of ether oxygens (including phenoxy) is 1. The predicted molar refractivity (Wildman–Crippen MR) is 132 cm³/mol. The van der Waals surface area contributed by atoms with Gasteiger partial charge in [-0.1, -0.05) is 61.9 Å². The third-order valence-electron chi connectivity index (χ3n) is 5.81. The quantitative estimate of drug-likeness (QED) is 0.328. The first-order valence-corrected chi connectivity index (χ1v) is 11.9. The summed E-state index contributed by atoms with van der Waals surface area (Å²) in [5.74, 6) is 0.843. The van der Waals surface area contributed by atoms with Gasteiger partial charge in [0.25, 0.3) is 0 Å².